The lowest BCUT2D eigenvalue weighted by Gasteiger charge is -2.19. The summed E-state index contributed by atoms with van der Waals surface area (Å²) in [6, 6.07) is 15.7. The van der Waals surface area contributed by atoms with Gasteiger partial charge in [0.15, 0.2) is 0 Å². The smallest absolute Gasteiger partial charge is 0.253 e. The Morgan fingerprint density at radius 3 is 2.47 bits per heavy atom. The molecule has 3 rings (SSSR count). The molecule has 2 aromatic carbocycles. The van der Waals surface area contributed by atoms with E-state index in [-0.39, 0.29) is 11.3 Å². The number of aromatic nitrogens is 2. The van der Waals surface area contributed by atoms with E-state index in [4.69, 9.17) is 16.3 Å². The molecule has 0 fully saturated rings. The quantitative estimate of drug-likeness (QED) is 0.543. The van der Waals surface area contributed by atoms with Gasteiger partial charge in [-0.05, 0) is 40.8 Å². The van der Waals surface area contributed by atoms with Crippen LogP contribution in [0.5, 0.6) is 5.75 Å². The minimum atomic E-state index is -0.0800. The number of halogens is 1. The van der Waals surface area contributed by atoms with Crippen LogP contribution in [0, 0.1) is 0 Å². The summed E-state index contributed by atoms with van der Waals surface area (Å²) in [5.74, 6) is 0.728. The van der Waals surface area contributed by atoms with Crippen LogP contribution in [0.3, 0.4) is 0 Å². The highest BCUT2D eigenvalue weighted by Crippen LogP contribution is 2.25. The third kappa shape index (κ3) is 5.22. The first-order valence-electron chi connectivity index (χ1n) is 9.89. The normalized spacial score (nSPS) is 11.4. The van der Waals surface area contributed by atoms with Gasteiger partial charge in [0.25, 0.3) is 5.91 Å². The van der Waals surface area contributed by atoms with Crippen LogP contribution in [-0.4, -0.2) is 27.6 Å². The lowest BCUT2D eigenvalue weighted by atomic mass is 9.87. The van der Waals surface area contributed by atoms with Crippen LogP contribution in [0.4, 0.5) is 0 Å². The maximum Gasteiger partial charge on any atom is 0.253 e. The number of carbonyl (C=O) groups excluding carboxylic acids is 1. The molecule has 0 unspecified atom stereocenters. The number of nitrogens with zero attached hydrogens (tertiary/aromatic N) is 3. The highest BCUT2D eigenvalue weighted by atomic mass is 35.5. The van der Waals surface area contributed by atoms with Crippen LogP contribution in [0.25, 0.3) is 0 Å². The number of hydrogen-bond donors (Lipinski definition) is 0. The molecule has 0 spiro atoms. The summed E-state index contributed by atoms with van der Waals surface area (Å²) in [4.78, 5) is 14.5. The molecule has 0 aliphatic heterocycles. The van der Waals surface area contributed by atoms with E-state index in [9.17, 15) is 4.79 Å². The molecule has 158 valence electrons. The van der Waals surface area contributed by atoms with Crippen molar-refractivity contribution in [1.29, 1.82) is 0 Å². The molecule has 1 heterocycles. The largest absolute Gasteiger partial charge is 0.489 e. The molecule has 0 bridgehead atoms. The Labute approximate surface area is 183 Å². The average Bonchev–Trinajstić information content (AvgIpc) is 3.03. The van der Waals surface area contributed by atoms with Gasteiger partial charge in [0.1, 0.15) is 12.4 Å². The Kier molecular flexibility index (Phi) is 6.52. The van der Waals surface area contributed by atoms with Crippen LogP contribution in [0.2, 0.25) is 5.02 Å². The van der Waals surface area contributed by atoms with E-state index in [1.165, 1.54) is 5.56 Å². The summed E-state index contributed by atoms with van der Waals surface area (Å²) in [5, 5.41) is 4.67. The van der Waals surface area contributed by atoms with Gasteiger partial charge in [-0.25, -0.2) is 0 Å². The minimum Gasteiger partial charge on any atom is -0.489 e. The number of carbonyl (C=O) groups is 1. The number of amides is 1. The van der Waals surface area contributed by atoms with Crippen LogP contribution in [0.15, 0.2) is 54.7 Å². The molecular formula is C24H28ClN3O2. The van der Waals surface area contributed by atoms with E-state index in [0.717, 1.165) is 17.0 Å². The fraction of sp³-hybridized carbons (Fsp3) is 0.333. The van der Waals surface area contributed by atoms with Crippen molar-refractivity contribution in [3.63, 3.8) is 0 Å². The van der Waals surface area contributed by atoms with Crippen molar-refractivity contribution in [3.05, 3.63) is 82.1 Å². The molecule has 0 aliphatic rings. The Morgan fingerprint density at radius 2 is 1.87 bits per heavy atom. The molecule has 0 radical (unpaired) electrons. The molecule has 0 N–H and O–H groups in total. The first kappa shape index (κ1) is 21.9. The first-order chi connectivity index (χ1) is 14.1. The van der Waals surface area contributed by atoms with Crippen molar-refractivity contribution >= 4 is 17.5 Å². The zero-order valence-electron chi connectivity index (χ0n) is 18.1. The lowest BCUT2D eigenvalue weighted by molar-refractivity contribution is 0.0782. The van der Waals surface area contributed by atoms with Crippen molar-refractivity contribution in [2.45, 2.75) is 39.3 Å². The summed E-state index contributed by atoms with van der Waals surface area (Å²) < 4.78 is 7.60. The number of benzene rings is 2. The number of hydrogen-bond acceptors (Lipinski definition) is 3. The first-order valence-corrected chi connectivity index (χ1v) is 10.3. The highest BCUT2D eigenvalue weighted by Gasteiger charge is 2.16. The zero-order valence-corrected chi connectivity index (χ0v) is 18.9. The predicted molar refractivity (Wildman–Crippen MR) is 120 cm³/mol. The Balaban J connectivity index is 1.64. The second-order valence-electron chi connectivity index (χ2n) is 8.49. The fourth-order valence-corrected chi connectivity index (χ4v) is 3.37. The highest BCUT2D eigenvalue weighted by molar-refractivity contribution is 6.31. The Morgan fingerprint density at radius 1 is 1.17 bits per heavy atom. The van der Waals surface area contributed by atoms with Crippen molar-refractivity contribution in [2.75, 3.05) is 7.05 Å². The van der Waals surface area contributed by atoms with Gasteiger partial charge in [0.05, 0.1) is 23.5 Å². The van der Waals surface area contributed by atoms with E-state index in [1.54, 1.807) is 22.8 Å². The average molecular weight is 426 g/mol. The minimum absolute atomic E-state index is 0.0800. The summed E-state index contributed by atoms with van der Waals surface area (Å²) in [5.41, 5.74) is 3.72. The maximum absolute atomic E-state index is 12.9. The Hall–Kier alpha value is -2.79. The molecule has 0 saturated carbocycles. The second-order valence-corrected chi connectivity index (χ2v) is 8.89. The second kappa shape index (κ2) is 8.92. The third-order valence-electron chi connectivity index (χ3n) is 5.04. The van der Waals surface area contributed by atoms with Gasteiger partial charge in [-0.3, -0.25) is 9.48 Å². The molecule has 0 atom stereocenters. The van der Waals surface area contributed by atoms with E-state index in [0.29, 0.717) is 23.7 Å². The van der Waals surface area contributed by atoms with E-state index >= 15 is 0 Å². The number of rotatable bonds is 6. The molecule has 0 saturated heterocycles. The topological polar surface area (TPSA) is 47.4 Å². The standard InChI is InChI=1S/C24H28ClN3O2/c1-24(2,3)19-9-11-20(12-10-19)30-16-17-7-6-8-18(13-17)23(29)27(4)15-22-21(25)14-26-28(22)5/h6-14H,15-16H2,1-5H3. The van der Waals surface area contributed by atoms with Crippen LogP contribution >= 0.6 is 11.6 Å². The molecular weight excluding hydrogens is 398 g/mol. The molecule has 5 nitrogen and oxygen atoms in total. The van der Waals surface area contributed by atoms with Gasteiger partial charge in [0, 0.05) is 19.7 Å². The maximum atomic E-state index is 12.9. The van der Waals surface area contributed by atoms with Crippen molar-refractivity contribution in [3.8, 4) is 5.75 Å². The van der Waals surface area contributed by atoms with Crippen molar-refractivity contribution in [1.82, 2.24) is 14.7 Å². The monoisotopic (exact) mass is 425 g/mol. The van der Waals surface area contributed by atoms with Gasteiger partial charge in [-0.15, -0.1) is 0 Å². The molecule has 3 aromatic rings. The summed E-state index contributed by atoms with van der Waals surface area (Å²) >= 11 is 6.16. The molecule has 1 amide bonds. The van der Waals surface area contributed by atoms with Crippen molar-refractivity contribution < 1.29 is 9.53 Å². The van der Waals surface area contributed by atoms with E-state index in [2.05, 4.69) is 38.0 Å². The van der Waals surface area contributed by atoms with E-state index in [1.807, 2.05) is 43.4 Å². The molecule has 1 aromatic heterocycles. The summed E-state index contributed by atoms with van der Waals surface area (Å²) in [7, 11) is 3.57. The van der Waals surface area contributed by atoms with Crippen LogP contribution < -0.4 is 4.74 Å². The zero-order chi connectivity index (χ0) is 21.9. The van der Waals surface area contributed by atoms with E-state index < -0.39 is 0 Å². The number of aryl methyl sites for hydroxylation is 1. The van der Waals surface area contributed by atoms with Crippen LogP contribution in [0.1, 0.15) is 48.0 Å². The fourth-order valence-electron chi connectivity index (χ4n) is 3.14. The Bertz CT molecular complexity index is 1000. The summed E-state index contributed by atoms with van der Waals surface area (Å²) in [6.07, 6.45) is 1.58. The van der Waals surface area contributed by atoms with Gasteiger partial charge >= 0.3 is 0 Å². The van der Waals surface area contributed by atoms with Gasteiger partial charge in [-0.2, -0.15) is 5.10 Å². The van der Waals surface area contributed by atoms with Gasteiger partial charge < -0.3 is 9.64 Å². The third-order valence-corrected chi connectivity index (χ3v) is 5.36. The number of ether oxygens (including phenoxy) is 1. The molecule has 0 aliphatic carbocycles. The van der Waals surface area contributed by atoms with Crippen LogP contribution in [-0.2, 0) is 25.6 Å². The summed E-state index contributed by atoms with van der Waals surface area (Å²) in [6.45, 7) is 7.34. The molecule has 6 heteroatoms. The predicted octanol–water partition coefficient (Wildman–Crippen LogP) is 5.22. The molecule has 30 heavy (non-hydrogen) atoms. The van der Waals surface area contributed by atoms with Crippen molar-refractivity contribution in [2.24, 2.45) is 7.05 Å². The van der Waals surface area contributed by atoms with Gasteiger partial charge in [0.2, 0.25) is 0 Å². The lowest BCUT2D eigenvalue weighted by Crippen LogP contribution is -2.27. The SMILES string of the molecule is CN(Cc1c(Cl)cnn1C)C(=O)c1cccc(COc2ccc(C(C)(C)C)cc2)c1. The van der Waals surface area contributed by atoms with Gasteiger partial charge in [-0.1, -0.05) is 56.6 Å².